The predicted octanol–water partition coefficient (Wildman–Crippen LogP) is 5.52. The standard InChI is InChI=1S/C14H12Br2FN/c1-9(10-4-2-5-11(15)8-10)18-14-12(16)6-3-7-13(14)17/h2-9,18H,1H3. The van der Waals surface area contributed by atoms with Crippen LogP contribution in [0.15, 0.2) is 51.4 Å². The van der Waals surface area contributed by atoms with Crippen LogP contribution in [0.1, 0.15) is 18.5 Å². The van der Waals surface area contributed by atoms with Crippen molar-refractivity contribution in [3.63, 3.8) is 0 Å². The van der Waals surface area contributed by atoms with E-state index in [1.807, 2.05) is 37.3 Å². The molecule has 0 aliphatic carbocycles. The van der Waals surface area contributed by atoms with Crippen LogP contribution in [0.25, 0.3) is 0 Å². The molecule has 0 saturated heterocycles. The van der Waals surface area contributed by atoms with Gasteiger partial charge in [0.2, 0.25) is 0 Å². The third-order valence-electron chi connectivity index (χ3n) is 2.67. The van der Waals surface area contributed by atoms with Gasteiger partial charge in [0.05, 0.1) is 5.69 Å². The third-order valence-corrected chi connectivity index (χ3v) is 3.83. The number of anilines is 1. The normalized spacial score (nSPS) is 12.2. The topological polar surface area (TPSA) is 12.0 Å². The maximum Gasteiger partial charge on any atom is 0.147 e. The van der Waals surface area contributed by atoms with Crippen molar-refractivity contribution in [3.05, 3.63) is 62.8 Å². The molecule has 1 nitrogen and oxygen atoms in total. The van der Waals surface area contributed by atoms with E-state index in [1.165, 1.54) is 6.07 Å². The zero-order valence-electron chi connectivity index (χ0n) is 9.75. The van der Waals surface area contributed by atoms with Gasteiger partial charge in [-0.3, -0.25) is 0 Å². The molecule has 1 unspecified atom stereocenters. The predicted molar refractivity (Wildman–Crippen MR) is 80.3 cm³/mol. The second kappa shape index (κ2) is 5.85. The minimum absolute atomic E-state index is 0.0238. The molecule has 0 saturated carbocycles. The van der Waals surface area contributed by atoms with Crippen LogP contribution in [0.4, 0.5) is 10.1 Å². The molecule has 1 N–H and O–H groups in total. The Morgan fingerprint density at radius 2 is 1.83 bits per heavy atom. The van der Waals surface area contributed by atoms with Crippen molar-refractivity contribution in [1.82, 2.24) is 0 Å². The van der Waals surface area contributed by atoms with Gasteiger partial charge in [0.1, 0.15) is 5.82 Å². The largest absolute Gasteiger partial charge is 0.375 e. The van der Waals surface area contributed by atoms with E-state index in [9.17, 15) is 4.39 Å². The zero-order valence-corrected chi connectivity index (χ0v) is 12.9. The van der Waals surface area contributed by atoms with Crippen LogP contribution in [0.2, 0.25) is 0 Å². The number of nitrogens with one attached hydrogen (secondary N) is 1. The van der Waals surface area contributed by atoms with Gasteiger partial charge in [-0.2, -0.15) is 0 Å². The minimum Gasteiger partial charge on any atom is -0.375 e. The molecular weight excluding hydrogens is 361 g/mol. The monoisotopic (exact) mass is 371 g/mol. The maximum atomic E-state index is 13.7. The highest BCUT2D eigenvalue weighted by molar-refractivity contribution is 9.10. The summed E-state index contributed by atoms with van der Waals surface area (Å²) in [4.78, 5) is 0. The fraction of sp³-hybridized carbons (Fsp3) is 0.143. The Labute approximate surface area is 123 Å². The molecule has 0 aliphatic rings. The van der Waals surface area contributed by atoms with Crippen LogP contribution < -0.4 is 5.32 Å². The first kappa shape index (κ1) is 13.6. The molecule has 0 spiro atoms. The molecule has 0 aromatic heterocycles. The summed E-state index contributed by atoms with van der Waals surface area (Å²) in [5.74, 6) is -0.258. The summed E-state index contributed by atoms with van der Waals surface area (Å²) in [5.41, 5.74) is 1.59. The summed E-state index contributed by atoms with van der Waals surface area (Å²) in [7, 11) is 0. The molecule has 0 aliphatic heterocycles. The van der Waals surface area contributed by atoms with E-state index in [4.69, 9.17) is 0 Å². The highest BCUT2D eigenvalue weighted by Gasteiger charge is 2.11. The van der Waals surface area contributed by atoms with Crippen molar-refractivity contribution in [3.8, 4) is 0 Å². The molecule has 0 bridgehead atoms. The number of hydrogen-bond donors (Lipinski definition) is 1. The Morgan fingerprint density at radius 1 is 1.11 bits per heavy atom. The SMILES string of the molecule is CC(Nc1c(F)cccc1Br)c1cccc(Br)c1. The van der Waals surface area contributed by atoms with Crippen LogP contribution in [0.3, 0.4) is 0 Å². The van der Waals surface area contributed by atoms with Gasteiger partial charge in [0.15, 0.2) is 0 Å². The molecule has 18 heavy (non-hydrogen) atoms. The molecule has 2 rings (SSSR count). The van der Waals surface area contributed by atoms with Gasteiger partial charge in [0.25, 0.3) is 0 Å². The fourth-order valence-electron chi connectivity index (χ4n) is 1.71. The van der Waals surface area contributed by atoms with Crippen molar-refractivity contribution in [2.45, 2.75) is 13.0 Å². The molecular formula is C14H12Br2FN. The summed E-state index contributed by atoms with van der Waals surface area (Å²) in [6, 6.07) is 12.9. The van der Waals surface area contributed by atoms with Gasteiger partial charge in [0, 0.05) is 15.0 Å². The first-order valence-electron chi connectivity index (χ1n) is 5.54. The highest BCUT2D eigenvalue weighted by Crippen LogP contribution is 2.29. The summed E-state index contributed by atoms with van der Waals surface area (Å²) in [6.07, 6.45) is 0. The van der Waals surface area contributed by atoms with E-state index < -0.39 is 0 Å². The van der Waals surface area contributed by atoms with Gasteiger partial charge in [-0.1, -0.05) is 34.1 Å². The number of benzene rings is 2. The summed E-state index contributed by atoms with van der Waals surface area (Å²) in [6.45, 7) is 2.00. The van der Waals surface area contributed by atoms with Gasteiger partial charge in [-0.15, -0.1) is 0 Å². The second-order valence-corrected chi connectivity index (χ2v) is 5.79. The molecule has 4 heteroatoms. The van der Waals surface area contributed by atoms with E-state index >= 15 is 0 Å². The second-order valence-electron chi connectivity index (χ2n) is 4.02. The molecule has 0 fully saturated rings. The number of hydrogen-bond acceptors (Lipinski definition) is 1. The Hall–Kier alpha value is -0.870. The lowest BCUT2D eigenvalue weighted by Crippen LogP contribution is -2.08. The quantitative estimate of drug-likeness (QED) is 0.747. The number of halogens is 3. The molecule has 2 aromatic carbocycles. The first-order valence-corrected chi connectivity index (χ1v) is 7.12. The van der Waals surface area contributed by atoms with Crippen LogP contribution in [-0.2, 0) is 0 Å². The third kappa shape index (κ3) is 3.12. The molecule has 0 radical (unpaired) electrons. The lowest BCUT2D eigenvalue weighted by atomic mass is 10.1. The molecule has 2 aromatic rings. The highest BCUT2D eigenvalue weighted by atomic mass is 79.9. The number of rotatable bonds is 3. The van der Waals surface area contributed by atoms with Crippen LogP contribution >= 0.6 is 31.9 Å². The van der Waals surface area contributed by atoms with Gasteiger partial charge < -0.3 is 5.32 Å². The molecule has 0 heterocycles. The molecule has 0 amide bonds. The molecule has 1 atom stereocenters. The summed E-state index contributed by atoms with van der Waals surface area (Å²) < 4.78 is 15.4. The van der Waals surface area contributed by atoms with Crippen LogP contribution in [0.5, 0.6) is 0 Å². The Kier molecular flexibility index (Phi) is 4.40. The maximum absolute atomic E-state index is 13.7. The Balaban J connectivity index is 2.24. The van der Waals surface area contributed by atoms with Gasteiger partial charge in [-0.25, -0.2) is 4.39 Å². The number of para-hydroxylation sites is 1. The van der Waals surface area contributed by atoms with E-state index in [0.29, 0.717) is 5.69 Å². The van der Waals surface area contributed by atoms with Crippen molar-refractivity contribution in [2.24, 2.45) is 0 Å². The first-order chi connectivity index (χ1) is 8.58. The zero-order chi connectivity index (χ0) is 13.1. The minimum atomic E-state index is -0.258. The van der Waals surface area contributed by atoms with E-state index in [0.717, 1.165) is 14.5 Å². The van der Waals surface area contributed by atoms with E-state index in [1.54, 1.807) is 6.07 Å². The van der Waals surface area contributed by atoms with Crippen LogP contribution in [-0.4, -0.2) is 0 Å². The lowest BCUT2D eigenvalue weighted by Gasteiger charge is -2.17. The average molecular weight is 373 g/mol. The van der Waals surface area contributed by atoms with Gasteiger partial charge >= 0.3 is 0 Å². The van der Waals surface area contributed by atoms with Crippen molar-refractivity contribution in [2.75, 3.05) is 5.32 Å². The Bertz CT molecular complexity index is 537. The summed E-state index contributed by atoms with van der Waals surface area (Å²) >= 11 is 6.78. The van der Waals surface area contributed by atoms with Crippen molar-refractivity contribution >= 4 is 37.5 Å². The Morgan fingerprint density at radius 3 is 2.50 bits per heavy atom. The van der Waals surface area contributed by atoms with E-state index in [2.05, 4.69) is 37.2 Å². The van der Waals surface area contributed by atoms with Crippen molar-refractivity contribution in [1.29, 1.82) is 0 Å². The molecule has 94 valence electrons. The van der Waals surface area contributed by atoms with Crippen LogP contribution in [0, 0.1) is 5.82 Å². The van der Waals surface area contributed by atoms with E-state index in [-0.39, 0.29) is 11.9 Å². The smallest absolute Gasteiger partial charge is 0.147 e. The van der Waals surface area contributed by atoms with Crippen molar-refractivity contribution < 1.29 is 4.39 Å². The average Bonchev–Trinajstić information content (AvgIpc) is 2.34. The van der Waals surface area contributed by atoms with Gasteiger partial charge in [-0.05, 0) is 52.7 Å². The summed E-state index contributed by atoms with van der Waals surface area (Å²) in [5, 5.41) is 3.18. The lowest BCUT2D eigenvalue weighted by molar-refractivity contribution is 0.626. The fourth-order valence-corrected chi connectivity index (χ4v) is 2.58.